The van der Waals surface area contributed by atoms with E-state index in [0.717, 1.165) is 44.3 Å². The van der Waals surface area contributed by atoms with Crippen LogP contribution in [0.25, 0.3) is 160 Å². The van der Waals surface area contributed by atoms with Gasteiger partial charge in [0, 0.05) is 84.3 Å². The van der Waals surface area contributed by atoms with Crippen molar-refractivity contribution in [2.75, 3.05) is 4.91 Å². The SMILES string of the molecule is Brc1cccc(-n2c3ccccc3c3ccccc32)n1.C.C.[2HH].[2H]CI.c1ccc(-n2c3ccccc3c3c2ccc2c4ccccc4n(-c4cccc(-n5c6ccccc6c6ccccc65)n4)c23)cc1.c1ccc(-n2c3ccccc3c3c4[nH]c5ccccc5c4ccc32)cc1. The Morgan fingerprint density at radius 1 is 0.305 bits per heavy atom. The Hall–Kier alpha value is -11.1. The maximum atomic E-state index is 6.20. The van der Waals surface area contributed by atoms with Crippen molar-refractivity contribution >= 4 is 169 Å². The molecule has 95 heavy (non-hydrogen) atoms. The van der Waals surface area contributed by atoms with E-state index in [1.165, 1.54) is 120 Å². The van der Waals surface area contributed by atoms with Gasteiger partial charge in [-0.05, 0) is 130 Å². The van der Waals surface area contributed by atoms with Crippen LogP contribution in [0.3, 0.4) is 0 Å². The van der Waals surface area contributed by atoms with Gasteiger partial charge in [0.05, 0.1) is 60.7 Å². The highest BCUT2D eigenvalue weighted by Gasteiger charge is 2.23. The molecule has 12 aromatic carbocycles. The first-order chi connectivity index (χ1) is 46.5. The summed E-state index contributed by atoms with van der Waals surface area (Å²) in [6, 6.07) is 111. The number of aromatic amines is 1. The van der Waals surface area contributed by atoms with Crippen LogP contribution < -0.4 is 0 Å². The summed E-state index contributed by atoms with van der Waals surface area (Å²) < 4.78 is 18.6. The number of H-pyrrole nitrogens is 1. The largest absolute Gasteiger partial charge is 0.354 e. The summed E-state index contributed by atoms with van der Waals surface area (Å²) in [4.78, 5) is 14.2. The van der Waals surface area contributed by atoms with Crippen LogP contribution in [0.15, 0.2) is 320 Å². The fourth-order valence-corrected chi connectivity index (χ4v) is 14.7. The average Bonchev–Trinajstić information content (AvgIpc) is 1.56. The van der Waals surface area contributed by atoms with Crippen molar-refractivity contribution in [3.8, 4) is 28.8 Å². The van der Waals surface area contributed by atoms with Gasteiger partial charge in [0.25, 0.3) is 0 Å². The zero-order chi connectivity index (χ0) is 62.8. The Morgan fingerprint density at radius 2 is 0.642 bits per heavy atom. The summed E-state index contributed by atoms with van der Waals surface area (Å²) in [5.74, 6) is 2.72. The highest BCUT2D eigenvalue weighted by molar-refractivity contribution is 14.1. The number of fused-ring (bicyclic) bond motifs is 20. The molecule has 0 amide bonds. The number of benzene rings is 12. The Morgan fingerprint density at radius 3 is 1.12 bits per heavy atom. The van der Waals surface area contributed by atoms with Gasteiger partial charge in [-0.15, -0.1) is 0 Å². The van der Waals surface area contributed by atoms with Crippen molar-refractivity contribution in [3.05, 3.63) is 320 Å². The number of pyridine rings is 2. The molecular weight excluding hydrogens is 1340 g/mol. The zero-order valence-electron chi connectivity index (χ0n) is 51.1. The van der Waals surface area contributed by atoms with Crippen LogP contribution in [0.1, 0.15) is 17.7 Å². The first-order valence-electron chi connectivity index (χ1n) is 31.7. The minimum absolute atomic E-state index is 0. The van der Waals surface area contributed by atoms with E-state index in [1.807, 2.05) is 40.8 Å². The number of aromatic nitrogens is 8. The molecule has 0 saturated carbocycles. The number of para-hydroxylation sites is 10. The number of nitrogens with one attached hydrogen (secondary N) is 1. The second-order valence-electron chi connectivity index (χ2n) is 23.0. The van der Waals surface area contributed by atoms with Crippen molar-refractivity contribution in [2.24, 2.45) is 0 Å². The first kappa shape index (κ1) is 59.0. The van der Waals surface area contributed by atoms with Gasteiger partial charge in [0.2, 0.25) is 0 Å². The van der Waals surface area contributed by atoms with Gasteiger partial charge in [-0.3, -0.25) is 13.7 Å². The fourth-order valence-electron chi connectivity index (χ4n) is 14.4. The molecule has 0 bridgehead atoms. The van der Waals surface area contributed by atoms with E-state index in [0.29, 0.717) is 4.91 Å². The van der Waals surface area contributed by atoms with E-state index < -0.39 is 0 Å². The lowest BCUT2D eigenvalue weighted by Crippen LogP contribution is -2.03. The molecule has 0 fully saturated rings. The summed E-state index contributed by atoms with van der Waals surface area (Å²) in [5.41, 5.74) is 16.6. The summed E-state index contributed by atoms with van der Waals surface area (Å²) in [7, 11) is 0. The molecule has 8 heterocycles. The third kappa shape index (κ3) is 9.85. The molecule has 0 saturated heterocycles. The summed E-state index contributed by atoms with van der Waals surface area (Å²) in [6.45, 7) is 0. The molecule has 0 aliphatic heterocycles. The maximum absolute atomic E-state index is 6.20. The van der Waals surface area contributed by atoms with Crippen LogP contribution >= 0.6 is 38.5 Å². The third-order valence-corrected chi connectivity index (χ3v) is 18.5. The maximum Gasteiger partial charge on any atom is 0.140 e. The van der Waals surface area contributed by atoms with Crippen molar-refractivity contribution in [3.63, 3.8) is 0 Å². The number of alkyl halides is 1. The van der Waals surface area contributed by atoms with Crippen LogP contribution in [0.4, 0.5) is 0 Å². The van der Waals surface area contributed by atoms with E-state index in [9.17, 15) is 0 Å². The van der Waals surface area contributed by atoms with Gasteiger partial charge in [0.1, 0.15) is 22.1 Å². The molecule has 20 aromatic rings. The van der Waals surface area contributed by atoms with Crippen molar-refractivity contribution in [1.82, 2.24) is 37.8 Å². The minimum Gasteiger partial charge on any atom is -0.354 e. The smallest absolute Gasteiger partial charge is 0.140 e. The summed E-state index contributed by atoms with van der Waals surface area (Å²) in [5, 5.41) is 15.0. The summed E-state index contributed by atoms with van der Waals surface area (Å²) >= 11 is 5.41. The predicted octanol–water partition coefficient (Wildman–Crippen LogP) is 24.3. The van der Waals surface area contributed by atoms with Gasteiger partial charge >= 0.3 is 0 Å². The average molecular weight is 1410 g/mol. The number of halogens is 2. The molecule has 1 N–H and O–H groups in total. The Labute approximate surface area is 574 Å². The number of hydrogen-bond acceptors (Lipinski definition) is 2. The molecular formula is C85H66BrIN8. The predicted molar refractivity (Wildman–Crippen MR) is 419 cm³/mol. The second-order valence-corrected chi connectivity index (χ2v) is 23.9. The zero-order valence-corrected chi connectivity index (χ0v) is 53.9. The van der Waals surface area contributed by atoms with E-state index in [4.69, 9.17) is 6.35 Å². The third-order valence-electron chi connectivity index (χ3n) is 18.1. The topological polar surface area (TPSA) is 66.2 Å². The van der Waals surface area contributed by atoms with E-state index in [2.05, 4.69) is 346 Å². The van der Waals surface area contributed by atoms with Gasteiger partial charge in [0.15, 0.2) is 0 Å². The fraction of sp³-hybridized carbons (Fsp3) is 0.0353. The highest BCUT2D eigenvalue weighted by atomic mass is 127. The van der Waals surface area contributed by atoms with Crippen LogP contribution in [-0.4, -0.2) is 42.7 Å². The quantitative estimate of drug-likeness (QED) is 0.106. The van der Waals surface area contributed by atoms with Crippen molar-refractivity contribution in [2.45, 2.75) is 14.9 Å². The lowest BCUT2D eigenvalue weighted by atomic mass is 10.1. The molecule has 0 aliphatic carbocycles. The molecule has 0 spiro atoms. The normalized spacial score (nSPS) is 11.5. The molecule has 0 radical (unpaired) electrons. The van der Waals surface area contributed by atoms with Crippen molar-refractivity contribution in [1.29, 1.82) is 0 Å². The lowest BCUT2D eigenvalue weighted by molar-refractivity contribution is 1.02. The molecule has 10 heteroatoms. The van der Waals surface area contributed by atoms with Gasteiger partial charge < -0.3 is 14.1 Å². The van der Waals surface area contributed by atoms with E-state index >= 15 is 0 Å². The van der Waals surface area contributed by atoms with Crippen LogP contribution in [-0.2, 0) is 0 Å². The molecule has 8 aromatic heterocycles. The Kier molecular flexibility index (Phi) is 15.6. The molecule has 8 nitrogen and oxygen atoms in total. The first-order valence-corrected chi connectivity index (χ1v) is 33.3. The van der Waals surface area contributed by atoms with E-state index in [1.54, 1.807) is 0 Å². The molecule has 0 aliphatic rings. The standard InChI is InChI=1S/C41H26N4.C24H16N2.C17H11BrN2.CH3I.2CH4.H2/c1-2-13-27(14-3-1)43-36-22-11-7-18-32(36)40-37(43)26-25-31-30-17-6-10-21-35(30)45(41(31)40)39-24-12-23-38(42-39)44-33-19-8-4-15-28(33)29-16-5-9-20-34(29)44;1-2-8-16(9-3-1)26-21-13-7-5-11-19(21)23-22(26)15-14-18-17-10-4-6-12-20(17)25-24(18)23;18-16-10-5-11-17(19-16)20-14-8-3-1-6-12(14)13-7-2-4-9-15(13)20;1-2;;;/h1-26H;1-15,25H;1-11H;1H3;2*1H4;1H/i;;;1D;;;1+1. The minimum atomic E-state index is 0. The lowest BCUT2D eigenvalue weighted by Gasteiger charge is -2.12. The Bertz CT molecular complexity index is 6170. The van der Waals surface area contributed by atoms with Crippen LogP contribution in [0.2, 0.25) is 0 Å². The molecule has 460 valence electrons. The van der Waals surface area contributed by atoms with E-state index in [-0.39, 0.29) is 16.3 Å². The number of hydrogen-bond donors (Lipinski definition) is 1. The summed E-state index contributed by atoms with van der Waals surface area (Å²) in [6.07, 6.45) is 0. The van der Waals surface area contributed by atoms with Crippen LogP contribution in [0, 0.1) is 0 Å². The van der Waals surface area contributed by atoms with Gasteiger partial charge in [-0.25, -0.2) is 9.97 Å². The number of nitrogens with zero attached hydrogens (tertiary/aromatic N) is 7. The highest BCUT2D eigenvalue weighted by Crippen LogP contribution is 2.43. The van der Waals surface area contributed by atoms with Crippen LogP contribution in [0.5, 0.6) is 0 Å². The van der Waals surface area contributed by atoms with Gasteiger partial charge in [-0.1, -0.05) is 244 Å². The molecule has 0 unspecified atom stereocenters. The second kappa shape index (κ2) is 25.1. The van der Waals surface area contributed by atoms with Crippen molar-refractivity contribution < 1.29 is 2.80 Å². The Balaban J connectivity index is 0.000000132. The molecule has 0 atom stereocenters. The molecule has 20 rings (SSSR count). The number of rotatable bonds is 5. The monoisotopic (exact) mass is 1410 g/mol. The van der Waals surface area contributed by atoms with Gasteiger partial charge in [-0.2, -0.15) is 0 Å².